The second kappa shape index (κ2) is 4.39. The van der Waals surface area contributed by atoms with Gasteiger partial charge in [-0.15, -0.1) is 0 Å². The summed E-state index contributed by atoms with van der Waals surface area (Å²) in [5.74, 6) is 1.65. The number of hydrogen-bond donors (Lipinski definition) is 0. The summed E-state index contributed by atoms with van der Waals surface area (Å²) in [5, 5.41) is 5.34. The van der Waals surface area contributed by atoms with Crippen LogP contribution in [-0.4, -0.2) is 14.8 Å². The van der Waals surface area contributed by atoms with Crippen molar-refractivity contribution < 1.29 is 4.74 Å². The van der Waals surface area contributed by atoms with Crippen LogP contribution < -0.4 is 4.74 Å². The van der Waals surface area contributed by atoms with Gasteiger partial charge < -0.3 is 4.74 Å². The van der Waals surface area contributed by atoms with Gasteiger partial charge in [-0.1, -0.05) is 0 Å². The minimum absolute atomic E-state index is 0.810. The molecule has 4 heteroatoms. The van der Waals surface area contributed by atoms with Gasteiger partial charge in [0.1, 0.15) is 11.5 Å². The predicted molar refractivity (Wildman–Crippen MR) is 74.5 cm³/mol. The van der Waals surface area contributed by atoms with Crippen molar-refractivity contribution in [3.8, 4) is 11.5 Å². The molecule has 0 spiro atoms. The van der Waals surface area contributed by atoms with Crippen LogP contribution in [0.1, 0.15) is 11.3 Å². The molecule has 3 rings (SSSR count). The first-order valence-corrected chi connectivity index (χ1v) is 6.16. The Morgan fingerprint density at radius 1 is 1.11 bits per heavy atom. The molecular formula is C15H15N3O. The lowest BCUT2D eigenvalue weighted by atomic mass is 10.2. The zero-order valence-corrected chi connectivity index (χ0v) is 11.2. The molecule has 0 atom stereocenters. The second-order valence-electron chi connectivity index (χ2n) is 4.68. The molecule has 2 aromatic heterocycles. The molecule has 0 radical (unpaired) electrons. The summed E-state index contributed by atoms with van der Waals surface area (Å²) in [6, 6.07) is 7.92. The molecule has 0 amide bonds. The Kier molecular flexibility index (Phi) is 2.71. The number of rotatable bonds is 2. The quantitative estimate of drug-likeness (QED) is 0.703. The van der Waals surface area contributed by atoms with Crippen LogP contribution in [0.5, 0.6) is 11.5 Å². The maximum atomic E-state index is 5.94. The Balaban J connectivity index is 2.00. The van der Waals surface area contributed by atoms with E-state index in [9.17, 15) is 0 Å². The Labute approximate surface area is 111 Å². The average Bonchev–Trinajstić information content (AvgIpc) is 2.76. The van der Waals surface area contributed by atoms with Gasteiger partial charge in [0.25, 0.3) is 0 Å². The van der Waals surface area contributed by atoms with E-state index in [4.69, 9.17) is 4.74 Å². The molecule has 0 N–H and O–H groups in total. The van der Waals surface area contributed by atoms with Crippen molar-refractivity contribution in [3.05, 3.63) is 47.9 Å². The number of benzene rings is 1. The number of aryl methyl sites for hydroxylation is 3. The maximum Gasteiger partial charge on any atom is 0.133 e. The molecule has 0 aliphatic heterocycles. The van der Waals surface area contributed by atoms with Crippen molar-refractivity contribution in [1.29, 1.82) is 0 Å². The molecule has 4 nitrogen and oxygen atoms in total. The summed E-state index contributed by atoms with van der Waals surface area (Å²) in [6.07, 6.45) is 3.67. The number of hydrogen-bond acceptors (Lipinski definition) is 3. The van der Waals surface area contributed by atoms with Crippen molar-refractivity contribution in [2.45, 2.75) is 13.8 Å². The van der Waals surface area contributed by atoms with Gasteiger partial charge in [0.05, 0.1) is 11.7 Å². The third-order valence-electron chi connectivity index (χ3n) is 3.14. The minimum Gasteiger partial charge on any atom is -0.457 e. The highest BCUT2D eigenvalue weighted by Gasteiger charge is 2.05. The van der Waals surface area contributed by atoms with Crippen LogP contribution in [0.4, 0.5) is 0 Å². The normalized spacial score (nSPS) is 10.9. The molecule has 0 fully saturated rings. The van der Waals surface area contributed by atoms with E-state index in [1.165, 1.54) is 0 Å². The molecule has 0 aliphatic rings. The highest BCUT2D eigenvalue weighted by atomic mass is 16.5. The second-order valence-corrected chi connectivity index (χ2v) is 4.68. The largest absolute Gasteiger partial charge is 0.457 e. The smallest absolute Gasteiger partial charge is 0.133 e. The minimum atomic E-state index is 0.810. The fraction of sp³-hybridized carbons (Fsp3) is 0.200. The lowest BCUT2D eigenvalue weighted by molar-refractivity contribution is 0.478. The maximum absolute atomic E-state index is 5.94. The van der Waals surface area contributed by atoms with Crippen LogP contribution in [-0.2, 0) is 7.05 Å². The van der Waals surface area contributed by atoms with Crippen LogP contribution in [0.25, 0.3) is 10.9 Å². The number of fused-ring (bicyclic) bond motifs is 1. The van der Waals surface area contributed by atoms with Gasteiger partial charge in [-0.3, -0.25) is 9.67 Å². The SMILES string of the molecule is Cc1cc(Oc2ccc3cnn(C)c3c2)c(C)cn1. The van der Waals surface area contributed by atoms with Gasteiger partial charge in [-0.25, -0.2) is 0 Å². The van der Waals surface area contributed by atoms with Crippen LogP contribution in [0, 0.1) is 13.8 Å². The fourth-order valence-corrected chi connectivity index (χ4v) is 2.03. The molecular weight excluding hydrogens is 238 g/mol. The fourth-order valence-electron chi connectivity index (χ4n) is 2.03. The van der Waals surface area contributed by atoms with E-state index >= 15 is 0 Å². The Hall–Kier alpha value is -2.36. The van der Waals surface area contributed by atoms with Gasteiger partial charge in [-0.05, 0) is 26.0 Å². The summed E-state index contributed by atoms with van der Waals surface area (Å²) < 4.78 is 7.78. The first kappa shape index (κ1) is 11.7. The Bertz CT molecular complexity index is 746. The van der Waals surface area contributed by atoms with E-state index in [0.717, 1.165) is 33.7 Å². The lowest BCUT2D eigenvalue weighted by Gasteiger charge is -2.09. The zero-order valence-electron chi connectivity index (χ0n) is 11.2. The Morgan fingerprint density at radius 2 is 1.95 bits per heavy atom. The van der Waals surface area contributed by atoms with Crippen LogP contribution in [0.2, 0.25) is 0 Å². The van der Waals surface area contributed by atoms with Crippen molar-refractivity contribution in [1.82, 2.24) is 14.8 Å². The molecule has 0 aliphatic carbocycles. The predicted octanol–water partition coefficient (Wildman–Crippen LogP) is 3.38. The number of aromatic nitrogens is 3. The van der Waals surface area contributed by atoms with E-state index in [-0.39, 0.29) is 0 Å². The number of pyridine rings is 1. The summed E-state index contributed by atoms with van der Waals surface area (Å²) in [7, 11) is 1.92. The first-order valence-electron chi connectivity index (χ1n) is 6.16. The third kappa shape index (κ3) is 2.17. The van der Waals surface area contributed by atoms with Crippen molar-refractivity contribution >= 4 is 10.9 Å². The summed E-state index contributed by atoms with van der Waals surface area (Å²) in [5.41, 5.74) is 3.03. The molecule has 0 saturated heterocycles. The lowest BCUT2D eigenvalue weighted by Crippen LogP contribution is -1.92. The van der Waals surface area contributed by atoms with Crippen molar-refractivity contribution in [2.75, 3.05) is 0 Å². The standard InChI is InChI=1S/C15H15N3O/c1-10-8-16-11(2)6-15(10)19-13-5-4-12-9-17-18(3)14(12)7-13/h4-9H,1-3H3. The third-order valence-corrected chi connectivity index (χ3v) is 3.14. The molecule has 0 unspecified atom stereocenters. The van der Waals surface area contributed by atoms with Crippen LogP contribution >= 0.6 is 0 Å². The molecule has 0 saturated carbocycles. The monoisotopic (exact) mass is 253 g/mol. The van der Waals surface area contributed by atoms with E-state index < -0.39 is 0 Å². The van der Waals surface area contributed by atoms with E-state index in [1.807, 2.05) is 62.2 Å². The van der Waals surface area contributed by atoms with E-state index in [2.05, 4.69) is 10.1 Å². The number of ether oxygens (including phenoxy) is 1. The van der Waals surface area contributed by atoms with E-state index in [1.54, 1.807) is 0 Å². The molecule has 0 bridgehead atoms. The molecule has 2 heterocycles. The van der Waals surface area contributed by atoms with Gasteiger partial charge >= 0.3 is 0 Å². The first-order chi connectivity index (χ1) is 9.13. The van der Waals surface area contributed by atoms with Gasteiger partial charge in [0, 0.05) is 42.0 Å². The summed E-state index contributed by atoms with van der Waals surface area (Å²) in [6.45, 7) is 3.95. The summed E-state index contributed by atoms with van der Waals surface area (Å²) >= 11 is 0. The van der Waals surface area contributed by atoms with E-state index in [0.29, 0.717) is 0 Å². The average molecular weight is 253 g/mol. The Morgan fingerprint density at radius 3 is 2.79 bits per heavy atom. The highest BCUT2D eigenvalue weighted by molar-refractivity contribution is 5.80. The van der Waals surface area contributed by atoms with Crippen LogP contribution in [0.3, 0.4) is 0 Å². The topological polar surface area (TPSA) is 39.9 Å². The molecule has 1 aromatic carbocycles. The number of nitrogens with zero attached hydrogens (tertiary/aromatic N) is 3. The zero-order chi connectivity index (χ0) is 13.4. The van der Waals surface area contributed by atoms with Gasteiger partial charge in [-0.2, -0.15) is 5.10 Å². The molecule has 19 heavy (non-hydrogen) atoms. The molecule has 3 aromatic rings. The van der Waals surface area contributed by atoms with Gasteiger partial charge in [0.2, 0.25) is 0 Å². The van der Waals surface area contributed by atoms with Crippen molar-refractivity contribution in [3.63, 3.8) is 0 Å². The molecule has 96 valence electrons. The van der Waals surface area contributed by atoms with Crippen molar-refractivity contribution in [2.24, 2.45) is 7.05 Å². The van der Waals surface area contributed by atoms with Crippen LogP contribution in [0.15, 0.2) is 36.7 Å². The van der Waals surface area contributed by atoms with Gasteiger partial charge in [0.15, 0.2) is 0 Å². The highest BCUT2D eigenvalue weighted by Crippen LogP contribution is 2.27. The summed E-state index contributed by atoms with van der Waals surface area (Å²) in [4.78, 5) is 4.24.